The summed E-state index contributed by atoms with van der Waals surface area (Å²) in [6.07, 6.45) is 3.62. The maximum atomic E-state index is 9.33. The largest absolute Gasteiger partial charge is 0.367 e. The quantitative estimate of drug-likeness (QED) is 0.925. The van der Waals surface area contributed by atoms with Crippen LogP contribution in [0, 0.1) is 17.2 Å². The van der Waals surface area contributed by atoms with E-state index in [-0.39, 0.29) is 0 Å². The Morgan fingerprint density at radius 3 is 2.89 bits per heavy atom. The van der Waals surface area contributed by atoms with E-state index in [9.17, 15) is 5.26 Å². The van der Waals surface area contributed by atoms with Crippen LogP contribution in [0.2, 0.25) is 0 Å². The van der Waals surface area contributed by atoms with Gasteiger partial charge in [-0.2, -0.15) is 5.26 Å². The number of anilines is 1. The van der Waals surface area contributed by atoms with Crippen LogP contribution in [0.1, 0.15) is 31.7 Å². The third-order valence-electron chi connectivity index (χ3n) is 4.05. The minimum absolute atomic E-state index is 0.475. The van der Waals surface area contributed by atoms with Gasteiger partial charge in [0.2, 0.25) is 0 Å². The summed E-state index contributed by atoms with van der Waals surface area (Å²) in [5, 5.41) is 9.33. The molecule has 0 aromatic heterocycles. The summed E-state index contributed by atoms with van der Waals surface area (Å²) < 4.78 is 0.950. The maximum Gasteiger partial charge on any atom is 0.101 e. The summed E-state index contributed by atoms with van der Waals surface area (Å²) >= 11 is 3.43. The molecule has 1 aliphatic rings. The molecule has 0 amide bonds. The van der Waals surface area contributed by atoms with E-state index in [1.54, 1.807) is 0 Å². The zero-order valence-electron chi connectivity index (χ0n) is 11.3. The van der Waals surface area contributed by atoms with E-state index in [2.05, 4.69) is 33.8 Å². The number of halogens is 1. The first-order valence-corrected chi connectivity index (χ1v) is 7.67. The van der Waals surface area contributed by atoms with E-state index >= 15 is 0 Å². The molecule has 2 unspecified atom stereocenters. The fraction of sp³-hybridized carbons (Fsp3) is 0.533. The van der Waals surface area contributed by atoms with Crippen LogP contribution in [0.15, 0.2) is 22.7 Å². The van der Waals surface area contributed by atoms with Crippen molar-refractivity contribution in [3.8, 4) is 6.07 Å². The van der Waals surface area contributed by atoms with Crippen LogP contribution in [0.4, 0.5) is 5.69 Å². The average Bonchev–Trinajstić information content (AvgIpc) is 2.89. The Morgan fingerprint density at radius 1 is 1.47 bits per heavy atom. The Morgan fingerprint density at radius 2 is 2.26 bits per heavy atom. The third kappa shape index (κ3) is 2.93. The first-order valence-electron chi connectivity index (χ1n) is 6.87. The summed E-state index contributed by atoms with van der Waals surface area (Å²) in [6, 6.07) is 8.72. The summed E-state index contributed by atoms with van der Waals surface area (Å²) in [5.41, 5.74) is 7.67. The minimum atomic E-state index is 0.475. The second-order valence-electron chi connectivity index (χ2n) is 5.05. The molecule has 0 heterocycles. The first-order chi connectivity index (χ1) is 9.21. The van der Waals surface area contributed by atoms with Gasteiger partial charge in [0, 0.05) is 17.1 Å². The lowest BCUT2D eigenvalue weighted by molar-refractivity contribution is 0.462. The van der Waals surface area contributed by atoms with Crippen molar-refractivity contribution in [1.29, 1.82) is 5.26 Å². The van der Waals surface area contributed by atoms with Gasteiger partial charge in [-0.25, -0.2) is 0 Å². The van der Waals surface area contributed by atoms with Crippen molar-refractivity contribution in [2.75, 3.05) is 18.0 Å². The number of hydrogen-bond donors (Lipinski definition) is 1. The lowest BCUT2D eigenvalue weighted by Crippen LogP contribution is -2.40. The van der Waals surface area contributed by atoms with Crippen LogP contribution in [0.3, 0.4) is 0 Å². The van der Waals surface area contributed by atoms with Crippen molar-refractivity contribution >= 4 is 21.6 Å². The molecule has 4 heteroatoms. The maximum absolute atomic E-state index is 9.33. The van der Waals surface area contributed by atoms with E-state index in [0.29, 0.717) is 12.0 Å². The normalized spacial score (nSPS) is 22.2. The fourth-order valence-corrected chi connectivity index (χ4v) is 3.50. The molecule has 0 saturated heterocycles. The predicted octanol–water partition coefficient (Wildman–Crippen LogP) is 3.27. The van der Waals surface area contributed by atoms with E-state index in [4.69, 9.17) is 5.73 Å². The molecule has 0 spiro atoms. The van der Waals surface area contributed by atoms with Crippen LogP contribution in [0.5, 0.6) is 0 Å². The Bertz CT molecular complexity index is 481. The van der Waals surface area contributed by atoms with Gasteiger partial charge in [0.25, 0.3) is 0 Å². The number of nitrogens with two attached hydrogens (primary N) is 1. The summed E-state index contributed by atoms with van der Waals surface area (Å²) in [4.78, 5) is 2.36. The number of nitrogens with zero attached hydrogens (tertiary/aromatic N) is 2. The molecular weight excluding hydrogens is 302 g/mol. The van der Waals surface area contributed by atoms with Crippen LogP contribution in [-0.2, 0) is 0 Å². The smallest absolute Gasteiger partial charge is 0.101 e. The van der Waals surface area contributed by atoms with Crippen LogP contribution >= 0.6 is 15.9 Å². The van der Waals surface area contributed by atoms with Crippen LogP contribution in [0.25, 0.3) is 0 Å². The molecule has 1 aromatic carbocycles. The van der Waals surface area contributed by atoms with Crippen molar-refractivity contribution in [3.05, 3.63) is 28.2 Å². The van der Waals surface area contributed by atoms with Gasteiger partial charge in [-0.3, -0.25) is 0 Å². The summed E-state index contributed by atoms with van der Waals surface area (Å²) in [7, 11) is 0. The molecule has 1 fully saturated rings. The molecule has 3 nitrogen and oxygen atoms in total. The lowest BCUT2D eigenvalue weighted by Gasteiger charge is -2.34. The predicted molar refractivity (Wildman–Crippen MR) is 82.1 cm³/mol. The minimum Gasteiger partial charge on any atom is -0.367 e. The summed E-state index contributed by atoms with van der Waals surface area (Å²) in [5.74, 6) is 0.551. The Labute approximate surface area is 123 Å². The van der Waals surface area contributed by atoms with Crippen molar-refractivity contribution in [3.63, 3.8) is 0 Å². The van der Waals surface area contributed by atoms with Crippen molar-refractivity contribution in [1.82, 2.24) is 0 Å². The second kappa shape index (κ2) is 6.40. The molecule has 0 aliphatic heterocycles. The zero-order valence-corrected chi connectivity index (χ0v) is 12.9. The number of hydrogen-bond acceptors (Lipinski definition) is 3. The van der Waals surface area contributed by atoms with Crippen LogP contribution < -0.4 is 10.6 Å². The highest BCUT2D eigenvalue weighted by atomic mass is 79.9. The molecule has 0 bridgehead atoms. The molecule has 2 rings (SSSR count). The zero-order chi connectivity index (χ0) is 13.8. The van der Waals surface area contributed by atoms with Gasteiger partial charge in [0.05, 0.1) is 11.3 Å². The molecule has 0 radical (unpaired) electrons. The SMILES string of the molecule is CCN(c1ccc(Br)cc1C#N)C1CCCC1CN. The molecule has 19 heavy (non-hydrogen) atoms. The molecular formula is C15H20BrN3. The van der Waals surface area contributed by atoms with Crippen molar-refractivity contribution in [2.45, 2.75) is 32.2 Å². The standard InChI is InChI=1S/C15H20BrN3/c1-2-19(14-5-3-4-11(14)9-17)15-7-6-13(16)8-12(15)10-18/h6-8,11,14H,2-5,9,17H2,1H3. The Hall–Kier alpha value is -1.05. The van der Waals surface area contributed by atoms with Gasteiger partial charge in [-0.15, -0.1) is 0 Å². The lowest BCUT2D eigenvalue weighted by atomic mass is 10.0. The molecule has 1 aromatic rings. The van der Waals surface area contributed by atoms with E-state index in [1.165, 1.54) is 19.3 Å². The van der Waals surface area contributed by atoms with E-state index in [1.807, 2.05) is 18.2 Å². The monoisotopic (exact) mass is 321 g/mol. The van der Waals surface area contributed by atoms with Gasteiger partial charge in [-0.1, -0.05) is 22.4 Å². The Balaban J connectivity index is 2.34. The van der Waals surface area contributed by atoms with E-state index < -0.39 is 0 Å². The average molecular weight is 322 g/mol. The van der Waals surface area contributed by atoms with E-state index in [0.717, 1.165) is 28.8 Å². The third-order valence-corrected chi connectivity index (χ3v) is 4.54. The highest BCUT2D eigenvalue weighted by molar-refractivity contribution is 9.10. The van der Waals surface area contributed by atoms with Gasteiger partial charge in [0.15, 0.2) is 0 Å². The number of benzene rings is 1. The Kier molecular flexibility index (Phi) is 4.84. The van der Waals surface area contributed by atoms with Gasteiger partial charge in [-0.05, 0) is 50.4 Å². The van der Waals surface area contributed by atoms with Gasteiger partial charge in [0.1, 0.15) is 6.07 Å². The molecule has 102 valence electrons. The number of rotatable bonds is 4. The molecule has 1 saturated carbocycles. The first kappa shape index (κ1) is 14.4. The number of nitriles is 1. The van der Waals surface area contributed by atoms with Crippen molar-refractivity contribution in [2.24, 2.45) is 11.7 Å². The topological polar surface area (TPSA) is 53.0 Å². The summed E-state index contributed by atoms with van der Waals surface area (Å²) in [6.45, 7) is 3.80. The van der Waals surface area contributed by atoms with Crippen molar-refractivity contribution < 1.29 is 0 Å². The molecule has 2 N–H and O–H groups in total. The fourth-order valence-electron chi connectivity index (χ4n) is 3.13. The van der Waals surface area contributed by atoms with Gasteiger partial charge < -0.3 is 10.6 Å². The molecule has 2 atom stereocenters. The van der Waals surface area contributed by atoms with Crippen LogP contribution in [-0.4, -0.2) is 19.1 Å². The highest BCUT2D eigenvalue weighted by Gasteiger charge is 2.31. The second-order valence-corrected chi connectivity index (χ2v) is 5.97. The van der Waals surface area contributed by atoms with Gasteiger partial charge >= 0.3 is 0 Å². The highest BCUT2D eigenvalue weighted by Crippen LogP contribution is 2.34. The molecule has 1 aliphatic carbocycles.